The van der Waals surface area contributed by atoms with Crippen LogP contribution in [0.25, 0.3) is 0 Å². The van der Waals surface area contributed by atoms with Gasteiger partial charge in [-0.3, -0.25) is 4.79 Å². The number of carbonyl (C=O) groups excluding carboxylic acids is 1. The van der Waals surface area contributed by atoms with Crippen LogP contribution in [0.1, 0.15) is 19.4 Å². The van der Waals surface area contributed by atoms with Gasteiger partial charge in [-0.15, -0.1) is 0 Å². The highest BCUT2D eigenvalue weighted by molar-refractivity contribution is 14.1. The first-order valence-electron chi connectivity index (χ1n) is 8.46. The third-order valence-electron chi connectivity index (χ3n) is 3.63. The van der Waals surface area contributed by atoms with Gasteiger partial charge in [-0.1, -0.05) is 13.8 Å². The smallest absolute Gasteiger partial charge is 0.262 e. The van der Waals surface area contributed by atoms with E-state index in [1.807, 2.05) is 38.1 Å². The zero-order valence-electron chi connectivity index (χ0n) is 15.5. The number of anilines is 1. The zero-order chi connectivity index (χ0) is 20.0. The van der Waals surface area contributed by atoms with E-state index in [0.29, 0.717) is 23.5 Å². The molecule has 1 amide bonds. The first-order chi connectivity index (χ1) is 12.7. The van der Waals surface area contributed by atoms with Crippen LogP contribution in [0, 0.1) is 16.4 Å². The molecule has 0 fully saturated rings. The Morgan fingerprint density at radius 2 is 1.81 bits per heavy atom. The van der Waals surface area contributed by atoms with Crippen LogP contribution in [-0.2, 0) is 14.8 Å². The van der Waals surface area contributed by atoms with Gasteiger partial charge in [0.25, 0.3) is 5.91 Å². The van der Waals surface area contributed by atoms with Crippen molar-refractivity contribution in [2.45, 2.75) is 25.7 Å². The Hall–Kier alpha value is -1.65. The Labute approximate surface area is 173 Å². The SMILES string of the molecule is Cc1cc(S(=O)(=O)NCC(C)C)ccc1OCC(=O)Nc1ccc(I)cc1. The third-order valence-corrected chi connectivity index (χ3v) is 5.77. The number of ether oxygens (including phenoxy) is 1. The molecule has 0 radical (unpaired) electrons. The molecule has 0 aliphatic heterocycles. The largest absolute Gasteiger partial charge is 0.483 e. The van der Waals surface area contributed by atoms with Crippen molar-refractivity contribution in [3.05, 3.63) is 51.6 Å². The summed E-state index contributed by atoms with van der Waals surface area (Å²) >= 11 is 2.19. The molecule has 0 atom stereocenters. The van der Waals surface area contributed by atoms with Crippen molar-refractivity contribution in [3.63, 3.8) is 0 Å². The first kappa shape index (κ1) is 21.6. The summed E-state index contributed by atoms with van der Waals surface area (Å²) in [6, 6.07) is 12.0. The minimum absolute atomic E-state index is 0.162. The highest BCUT2D eigenvalue weighted by Crippen LogP contribution is 2.22. The van der Waals surface area contributed by atoms with Crippen LogP contribution in [0.2, 0.25) is 0 Å². The fourth-order valence-corrected chi connectivity index (χ4v) is 3.84. The molecule has 27 heavy (non-hydrogen) atoms. The number of amides is 1. The lowest BCUT2D eigenvalue weighted by molar-refractivity contribution is -0.118. The summed E-state index contributed by atoms with van der Waals surface area (Å²) in [6.45, 7) is 5.83. The van der Waals surface area contributed by atoms with E-state index in [9.17, 15) is 13.2 Å². The van der Waals surface area contributed by atoms with E-state index in [2.05, 4.69) is 32.6 Å². The molecule has 0 heterocycles. The van der Waals surface area contributed by atoms with Crippen LogP contribution in [0.4, 0.5) is 5.69 Å². The summed E-state index contributed by atoms with van der Waals surface area (Å²) in [5.74, 6) is 0.400. The number of nitrogens with one attached hydrogen (secondary N) is 2. The number of halogens is 1. The lowest BCUT2D eigenvalue weighted by atomic mass is 10.2. The maximum atomic E-state index is 12.3. The van der Waals surface area contributed by atoms with Gasteiger partial charge in [0, 0.05) is 15.8 Å². The number of hydrogen-bond donors (Lipinski definition) is 2. The molecular weight excluding hydrogens is 479 g/mol. The van der Waals surface area contributed by atoms with Crippen LogP contribution in [-0.4, -0.2) is 27.5 Å². The third kappa shape index (κ3) is 6.78. The van der Waals surface area contributed by atoms with Crippen molar-refractivity contribution in [1.29, 1.82) is 0 Å². The molecule has 0 aliphatic carbocycles. The van der Waals surface area contributed by atoms with Crippen molar-refractivity contribution in [1.82, 2.24) is 4.72 Å². The van der Waals surface area contributed by atoms with Crippen molar-refractivity contribution < 1.29 is 17.9 Å². The minimum Gasteiger partial charge on any atom is -0.483 e. The number of rotatable bonds is 8. The van der Waals surface area contributed by atoms with E-state index in [0.717, 1.165) is 3.57 Å². The molecule has 2 aromatic rings. The number of hydrogen-bond acceptors (Lipinski definition) is 4. The van der Waals surface area contributed by atoms with E-state index in [1.165, 1.54) is 12.1 Å². The summed E-state index contributed by atoms with van der Waals surface area (Å²) in [5, 5.41) is 2.75. The molecule has 2 rings (SSSR count). The van der Waals surface area contributed by atoms with Gasteiger partial charge in [0.1, 0.15) is 5.75 Å². The Kier molecular flexibility index (Phi) is 7.63. The van der Waals surface area contributed by atoms with Crippen molar-refractivity contribution in [3.8, 4) is 5.75 Å². The number of carbonyl (C=O) groups is 1. The molecule has 0 spiro atoms. The van der Waals surface area contributed by atoms with Gasteiger partial charge < -0.3 is 10.1 Å². The standard InChI is InChI=1S/C19H23IN2O4S/c1-13(2)11-21-27(24,25)17-8-9-18(14(3)10-17)26-12-19(23)22-16-6-4-15(20)5-7-16/h4-10,13,21H,11-12H2,1-3H3,(H,22,23). The highest BCUT2D eigenvalue weighted by Gasteiger charge is 2.16. The van der Waals surface area contributed by atoms with Crippen LogP contribution in [0.3, 0.4) is 0 Å². The second-order valence-corrected chi connectivity index (χ2v) is 9.53. The topological polar surface area (TPSA) is 84.5 Å². The van der Waals surface area contributed by atoms with Crippen molar-refractivity contribution >= 4 is 44.2 Å². The van der Waals surface area contributed by atoms with Crippen molar-refractivity contribution in [2.75, 3.05) is 18.5 Å². The van der Waals surface area contributed by atoms with Crippen LogP contribution < -0.4 is 14.8 Å². The fourth-order valence-electron chi connectivity index (χ4n) is 2.18. The molecule has 0 bridgehead atoms. The molecule has 0 saturated heterocycles. The predicted octanol–water partition coefficient (Wildman–Crippen LogP) is 3.55. The molecule has 8 heteroatoms. The number of sulfonamides is 1. The van der Waals surface area contributed by atoms with E-state index < -0.39 is 10.0 Å². The Balaban J connectivity index is 1.97. The fraction of sp³-hybridized carbons (Fsp3) is 0.316. The van der Waals surface area contributed by atoms with Gasteiger partial charge in [0.2, 0.25) is 10.0 Å². The normalized spacial score (nSPS) is 11.4. The Morgan fingerprint density at radius 3 is 2.41 bits per heavy atom. The average Bonchev–Trinajstić information content (AvgIpc) is 2.61. The van der Waals surface area contributed by atoms with E-state index in [-0.39, 0.29) is 23.3 Å². The molecule has 2 N–H and O–H groups in total. The molecule has 0 saturated carbocycles. The molecule has 6 nitrogen and oxygen atoms in total. The monoisotopic (exact) mass is 502 g/mol. The summed E-state index contributed by atoms with van der Waals surface area (Å²) in [5.41, 5.74) is 1.34. The summed E-state index contributed by atoms with van der Waals surface area (Å²) in [6.07, 6.45) is 0. The summed E-state index contributed by atoms with van der Waals surface area (Å²) in [4.78, 5) is 12.2. The quantitative estimate of drug-likeness (QED) is 0.541. The molecule has 2 aromatic carbocycles. The Bertz CT molecular complexity index is 896. The van der Waals surface area contributed by atoms with Gasteiger partial charge >= 0.3 is 0 Å². The van der Waals surface area contributed by atoms with Crippen molar-refractivity contribution in [2.24, 2.45) is 5.92 Å². The number of benzene rings is 2. The van der Waals surface area contributed by atoms with E-state index in [4.69, 9.17) is 4.74 Å². The predicted molar refractivity (Wildman–Crippen MR) is 114 cm³/mol. The Morgan fingerprint density at radius 1 is 1.15 bits per heavy atom. The molecular formula is C19H23IN2O4S. The minimum atomic E-state index is -3.56. The first-order valence-corrected chi connectivity index (χ1v) is 11.0. The number of aryl methyl sites for hydroxylation is 1. The maximum absolute atomic E-state index is 12.3. The molecule has 0 unspecified atom stereocenters. The van der Waals surface area contributed by atoms with Gasteiger partial charge in [0.15, 0.2) is 6.61 Å². The zero-order valence-corrected chi connectivity index (χ0v) is 18.4. The van der Waals surface area contributed by atoms with Crippen LogP contribution in [0.15, 0.2) is 47.4 Å². The summed E-state index contributed by atoms with van der Waals surface area (Å²) in [7, 11) is -3.56. The molecule has 0 aliphatic rings. The van der Waals surface area contributed by atoms with Crippen LogP contribution >= 0.6 is 22.6 Å². The van der Waals surface area contributed by atoms with Gasteiger partial charge in [-0.2, -0.15) is 0 Å². The van der Waals surface area contributed by atoms with Crippen LogP contribution in [0.5, 0.6) is 5.75 Å². The van der Waals surface area contributed by atoms with Gasteiger partial charge in [-0.05, 0) is 83.5 Å². The van der Waals surface area contributed by atoms with Gasteiger partial charge in [0.05, 0.1) is 4.90 Å². The lowest BCUT2D eigenvalue weighted by Crippen LogP contribution is -2.27. The molecule has 146 valence electrons. The lowest BCUT2D eigenvalue weighted by Gasteiger charge is -2.12. The van der Waals surface area contributed by atoms with E-state index >= 15 is 0 Å². The van der Waals surface area contributed by atoms with Gasteiger partial charge in [-0.25, -0.2) is 13.1 Å². The van der Waals surface area contributed by atoms with E-state index in [1.54, 1.807) is 13.0 Å². The summed E-state index contributed by atoms with van der Waals surface area (Å²) < 4.78 is 33.7. The second kappa shape index (κ2) is 9.52. The molecule has 0 aromatic heterocycles. The highest BCUT2D eigenvalue weighted by atomic mass is 127. The average molecular weight is 502 g/mol. The maximum Gasteiger partial charge on any atom is 0.262 e. The second-order valence-electron chi connectivity index (χ2n) is 6.52.